The zero-order valence-electron chi connectivity index (χ0n) is 18.7. The molecule has 7 heteroatoms. The lowest BCUT2D eigenvalue weighted by atomic mass is 10.1. The topological polar surface area (TPSA) is 77.6 Å². The molecule has 0 bridgehead atoms. The molecule has 1 aromatic carbocycles. The first-order chi connectivity index (χ1) is 14.9. The summed E-state index contributed by atoms with van der Waals surface area (Å²) in [6, 6.07) is 11.8. The van der Waals surface area contributed by atoms with Gasteiger partial charge in [-0.15, -0.1) is 0 Å². The quantitative estimate of drug-likeness (QED) is 0.513. The number of fused-ring (bicyclic) bond motifs is 1. The lowest BCUT2D eigenvalue weighted by Gasteiger charge is -2.14. The van der Waals surface area contributed by atoms with Gasteiger partial charge in [0.25, 0.3) is 5.91 Å². The fourth-order valence-corrected chi connectivity index (χ4v) is 4.00. The molecule has 0 radical (unpaired) electrons. The molecule has 4 aromatic rings. The Bertz CT molecular complexity index is 1240. The molecule has 0 saturated heterocycles. The van der Waals surface area contributed by atoms with Gasteiger partial charge in [-0.1, -0.05) is 30.3 Å². The van der Waals surface area contributed by atoms with Crippen molar-refractivity contribution in [2.45, 2.75) is 53.8 Å². The van der Waals surface area contributed by atoms with Crippen LogP contribution in [0.2, 0.25) is 0 Å². The summed E-state index contributed by atoms with van der Waals surface area (Å²) in [6.45, 7) is 11.2. The summed E-state index contributed by atoms with van der Waals surface area (Å²) in [5.74, 6) is -0.131. The van der Waals surface area contributed by atoms with Crippen LogP contribution < -0.4 is 5.32 Å². The molecule has 0 aliphatic rings. The monoisotopic (exact) mass is 416 g/mol. The summed E-state index contributed by atoms with van der Waals surface area (Å²) in [5.41, 5.74) is 6.01. The van der Waals surface area contributed by atoms with Crippen molar-refractivity contribution in [3.8, 4) is 0 Å². The van der Waals surface area contributed by atoms with E-state index in [1.807, 2.05) is 74.4 Å². The molecule has 1 N–H and O–H groups in total. The molecule has 0 spiro atoms. The molecule has 7 nitrogen and oxygen atoms in total. The predicted octanol–water partition coefficient (Wildman–Crippen LogP) is 4.11. The number of nitrogens with one attached hydrogen (secondary N) is 1. The number of hydrogen-bond donors (Lipinski definition) is 1. The van der Waals surface area contributed by atoms with E-state index in [1.165, 1.54) is 0 Å². The van der Waals surface area contributed by atoms with Crippen LogP contribution >= 0.6 is 0 Å². The van der Waals surface area contributed by atoms with Gasteiger partial charge in [-0.3, -0.25) is 9.48 Å². The van der Waals surface area contributed by atoms with E-state index >= 15 is 0 Å². The molecule has 4 rings (SSSR count). The van der Waals surface area contributed by atoms with Crippen molar-refractivity contribution < 1.29 is 4.79 Å². The van der Waals surface area contributed by atoms with Crippen molar-refractivity contribution in [1.82, 2.24) is 29.9 Å². The first kappa shape index (κ1) is 20.8. The Labute approximate surface area is 182 Å². The van der Waals surface area contributed by atoms with Crippen LogP contribution in [0.25, 0.3) is 11.0 Å². The number of nitrogens with zero attached hydrogens (tertiary/aromatic N) is 5. The molecule has 1 amide bonds. The average Bonchev–Trinajstić information content (AvgIpc) is 3.27. The van der Waals surface area contributed by atoms with Crippen molar-refractivity contribution in [3.63, 3.8) is 0 Å². The molecule has 1 unspecified atom stereocenters. The van der Waals surface area contributed by atoms with Gasteiger partial charge in [-0.2, -0.15) is 10.2 Å². The highest BCUT2D eigenvalue weighted by Crippen LogP contribution is 2.24. The number of benzene rings is 1. The van der Waals surface area contributed by atoms with Gasteiger partial charge in [0.2, 0.25) is 0 Å². The van der Waals surface area contributed by atoms with Crippen molar-refractivity contribution >= 4 is 16.9 Å². The van der Waals surface area contributed by atoms with E-state index in [0.29, 0.717) is 12.1 Å². The minimum atomic E-state index is -0.156. The average molecular weight is 417 g/mol. The van der Waals surface area contributed by atoms with Crippen LogP contribution in [0.3, 0.4) is 0 Å². The molecule has 3 heterocycles. The highest BCUT2D eigenvalue weighted by Gasteiger charge is 2.21. The van der Waals surface area contributed by atoms with Gasteiger partial charge in [0.05, 0.1) is 34.9 Å². The van der Waals surface area contributed by atoms with E-state index in [1.54, 1.807) is 0 Å². The van der Waals surface area contributed by atoms with Crippen molar-refractivity contribution in [2.75, 3.05) is 0 Å². The predicted molar refractivity (Wildman–Crippen MR) is 121 cm³/mol. The van der Waals surface area contributed by atoms with Crippen LogP contribution in [0.5, 0.6) is 0 Å². The Kier molecular flexibility index (Phi) is 5.59. The van der Waals surface area contributed by atoms with E-state index in [2.05, 4.69) is 22.5 Å². The molecule has 31 heavy (non-hydrogen) atoms. The Morgan fingerprint density at radius 2 is 1.84 bits per heavy atom. The maximum atomic E-state index is 13.3. The van der Waals surface area contributed by atoms with Gasteiger partial charge in [0.15, 0.2) is 5.65 Å². The SMILES string of the molecule is CCn1cc(C(C)NC(=O)c2cc(C)nc3c2c(C)nn3Cc2ccccc2)c(C)n1. The van der Waals surface area contributed by atoms with Crippen molar-refractivity contribution in [1.29, 1.82) is 0 Å². The first-order valence-corrected chi connectivity index (χ1v) is 10.6. The number of aryl methyl sites for hydroxylation is 4. The second-order valence-electron chi connectivity index (χ2n) is 7.96. The smallest absolute Gasteiger partial charge is 0.252 e. The van der Waals surface area contributed by atoms with Crippen LogP contribution in [0.1, 0.15) is 58.5 Å². The number of carbonyl (C=O) groups excluding carboxylic acids is 1. The lowest BCUT2D eigenvalue weighted by Crippen LogP contribution is -2.27. The van der Waals surface area contributed by atoms with Gasteiger partial charge in [-0.05, 0) is 46.2 Å². The molecule has 0 aliphatic heterocycles. The normalized spacial score (nSPS) is 12.3. The molecule has 0 fully saturated rings. The fourth-order valence-electron chi connectivity index (χ4n) is 4.00. The van der Waals surface area contributed by atoms with E-state index < -0.39 is 0 Å². The van der Waals surface area contributed by atoms with Crippen LogP contribution in [0.4, 0.5) is 0 Å². The lowest BCUT2D eigenvalue weighted by molar-refractivity contribution is 0.0941. The summed E-state index contributed by atoms with van der Waals surface area (Å²) in [7, 11) is 0. The number of amides is 1. The van der Waals surface area contributed by atoms with Gasteiger partial charge in [-0.25, -0.2) is 9.67 Å². The van der Waals surface area contributed by atoms with Gasteiger partial charge >= 0.3 is 0 Å². The van der Waals surface area contributed by atoms with E-state index in [4.69, 9.17) is 10.1 Å². The Balaban J connectivity index is 1.68. The second kappa shape index (κ2) is 8.34. The standard InChI is InChI=1S/C24H28N6O/c1-6-29-14-21(17(4)27-29)16(3)26-24(31)20-12-15(2)25-23-22(20)18(5)28-30(23)13-19-10-8-7-9-11-19/h7-12,14,16H,6,13H2,1-5H3,(H,26,31). The largest absolute Gasteiger partial charge is 0.345 e. The molecule has 0 aliphatic carbocycles. The third-order valence-electron chi connectivity index (χ3n) is 5.55. The second-order valence-corrected chi connectivity index (χ2v) is 7.96. The number of hydrogen-bond acceptors (Lipinski definition) is 4. The first-order valence-electron chi connectivity index (χ1n) is 10.6. The van der Waals surface area contributed by atoms with E-state index in [0.717, 1.165) is 45.8 Å². The van der Waals surface area contributed by atoms with Gasteiger partial charge in [0.1, 0.15) is 0 Å². The fraction of sp³-hybridized carbons (Fsp3) is 0.333. The summed E-state index contributed by atoms with van der Waals surface area (Å²) >= 11 is 0. The highest BCUT2D eigenvalue weighted by atomic mass is 16.1. The van der Waals surface area contributed by atoms with Crippen LogP contribution in [0, 0.1) is 20.8 Å². The number of aromatic nitrogens is 5. The van der Waals surface area contributed by atoms with Crippen molar-refractivity contribution in [3.05, 3.63) is 76.4 Å². The van der Waals surface area contributed by atoms with Crippen LogP contribution in [-0.4, -0.2) is 30.5 Å². The summed E-state index contributed by atoms with van der Waals surface area (Å²) in [4.78, 5) is 18.0. The third kappa shape index (κ3) is 4.08. The molecule has 1 atom stereocenters. The maximum absolute atomic E-state index is 13.3. The van der Waals surface area contributed by atoms with Crippen LogP contribution in [0.15, 0.2) is 42.6 Å². The highest BCUT2D eigenvalue weighted by molar-refractivity contribution is 6.06. The Morgan fingerprint density at radius 3 is 2.52 bits per heavy atom. The third-order valence-corrected chi connectivity index (χ3v) is 5.55. The molecular weight excluding hydrogens is 388 g/mol. The summed E-state index contributed by atoms with van der Waals surface area (Å²) in [6.07, 6.45) is 2.00. The number of rotatable bonds is 6. The van der Waals surface area contributed by atoms with E-state index in [9.17, 15) is 4.79 Å². The molecule has 160 valence electrons. The summed E-state index contributed by atoms with van der Waals surface area (Å²) < 4.78 is 3.77. The maximum Gasteiger partial charge on any atom is 0.252 e. The van der Waals surface area contributed by atoms with Crippen molar-refractivity contribution in [2.24, 2.45) is 0 Å². The number of carbonyl (C=O) groups is 1. The zero-order valence-corrected chi connectivity index (χ0v) is 18.7. The van der Waals surface area contributed by atoms with E-state index in [-0.39, 0.29) is 11.9 Å². The minimum Gasteiger partial charge on any atom is -0.345 e. The molecular formula is C24H28N6O. The Hall–Kier alpha value is -3.48. The minimum absolute atomic E-state index is 0.131. The van der Waals surface area contributed by atoms with Gasteiger partial charge in [0, 0.05) is 24.0 Å². The Morgan fingerprint density at radius 1 is 1.10 bits per heavy atom. The molecule has 0 saturated carbocycles. The number of pyridine rings is 1. The van der Waals surface area contributed by atoms with Crippen LogP contribution in [-0.2, 0) is 13.1 Å². The summed E-state index contributed by atoms with van der Waals surface area (Å²) in [5, 5.41) is 13.1. The van der Waals surface area contributed by atoms with Gasteiger partial charge < -0.3 is 5.32 Å². The molecule has 3 aromatic heterocycles. The zero-order chi connectivity index (χ0) is 22.1.